The van der Waals surface area contributed by atoms with Crippen LogP contribution in [0.25, 0.3) is 27.6 Å². The van der Waals surface area contributed by atoms with Crippen molar-refractivity contribution in [2.45, 2.75) is 32.5 Å². The molecule has 1 saturated heterocycles. The zero-order chi connectivity index (χ0) is 24.1. The first-order valence-corrected chi connectivity index (χ1v) is 11.8. The number of aromatic nitrogens is 5. The Labute approximate surface area is 200 Å². The van der Waals surface area contributed by atoms with E-state index in [9.17, 15) is 9.18 Å². The third kappa shape index (κ3) is 3.97. The molecule has 0 saturated carbocycles. The first kappa shape index (κ1) is 21.5. The van der Waals surface area contributed by atoms with E-state index in [1.54, 1.807) is 4.68 Å². The number of benzene rings is 2. The summed E-state index contributed by atoms with van der Waals surface area (Å²) in [5, 5.41) is 5.30. The molecule has 9 heteroatoms. The molecule has 1 fully saturated rings. The van der Waals surface area contributed by atoms with Crippen molar-refractivity contribution in [2.24, 2.45) is 0 Å². The lowest BCUT2D eigenvalue weighted by Gasteiger charge is -2.28. The van der Waals surface area contributed by atoms with Gasteiger partial charge in [0, 0.05) is 24.0 Å². The van der Waals surface area contributed by atoms with Crippen molar-refractivity contribution in [3.63, 3.8) is 0 Å². The lowest BCUT2D eigenvalue weighted by molar-refractivity contribution is 0.103. The van der Waals surface area contributed by atoms with Crippen molar-refractivity contribution in [3.05, 3.63) is 71.3 Å². The minimum absolute atomic E-state index is 0.223. The number of fused-ring (bicyclic) bond motifs is 2. The molecule has 1 atom stereocenters. The number of carbonyl (C=O) groups is 1. The van der Waals surface area contributed by atoms with Gasteiger partial charge in [-0.25, -0.2) is 14.1 Å². The molecule has 3 aromatic heterocycles. The minimum Gasteiger partial charge on any atom is -0.383 e. The van der Waals surface area contributed by atoms with Crippen LogP contribution in [0.3, 0.4) is 0 Å². The summed E-state index contributed by atoms with van der Waals surface area (Å²) < 4.78 is 15.3. The molecule has 0 amide bonds. The zero-order valence-corrected chi connectivity index (χ0v) is 19.4. The zero-order valence-electron chi connectivity index (χ0n) is 19.4. The number of aryl methyl sites for hydroxylation is 1. The summed E-state index contributed by atoms with van der Waals surface area (Å²) >= 11 is 0. The van der Waals surface area contributed by atoms with Gasteiger partial charge in [-0.15, -0.1) is 0 Å². The maximum Gasteiger partial charge on any atom is 0.214 e. The number of nitrogens with one attached hydrogen (secondary N) is 2. The molecule has 4 heterocycles. The second kappa shape index (κ2) is 8.35. The predicted molar refractivity (Wildman–Crippen MR) is 134 cm³/mol. The van der Waals surface area contributed by atoms with Gasteiger partial charge in [0.25, 0.3) is 0 Å². The number of nitrogens with zero attached hydrogens (tertiary/aromatic N) is 4. The normalized spacial score (nSPS) is 16.9. The van der Waals surface area contributed by atoms with Crippen LogP contribution in [0.5, 0.6) is 0 Å². The number of carbonyl (C=O) groups excluding carboxylic acids is 1. The Balaban J connectivity index is 1.26. The number of H-pyrrole nitrogens is 2. The quantitative estimate of drug-likeness (QED) is 0.332. The van der Waals surface area contributed by atoms with Crippen LogP contribution < -0.4 is 5.73 Å². The number of aromatic amines is 2. The number of ketones is 1. The molecule has 8 nitrogen and oxygen atoms in total. The first-order valence-electron chi connectivity index (χ1n) is 11.8. The van der Waals surface area contributed by atoms with Gasteiger partial charge in [-0.05, 0) is 62.2 Å². The molecule has 4 N–H and O–H groups in total. The Morgan fingerprint density at radius 2 is 2.06 bits per heavy atom. The predicted octanol–water partition coefficient (Wildman–Crippen LogP) is 4.29. The van der Waals surface area contributed by atoms with Crippen molar-refractivity contribution in [1.29, 1.82) is 0 Å². The highest BCUT2D eigenvalue weighted by atomic mass is 19.1. The Kier molecular flexibility index (Phi) is 5.14. The molecule has 2 aromatic carbocycles. The van der Waals surface area contributed by atoms with E-state index in [0.29, 0.717) is 30.8 Å². The average Bonchev–Trinajstić information content (AvgIpc) is 3.53. The molecule has 35 heavy (non-hydrogen) atoms. The molecule has 0 spiro atoms. The Morgan fingerprint density at radius 3 is 2.91 bits per heavy atom. The lowest BCUT2D eigenvalue weighted by Crippen LogP contribution is -2.35. The Hall–Kier alpha value is -3.98. The summed E-state index contributed by atoms with van der Waals surface area (Å²) in [6.07, 6.45) is 2.28. The highest BCUT2D eigenvalue weighted by Gasteiger charge is 2.21. The SMILES string of the molecule is Cc1nc2cc(-n3ncc(C(=O)c4cc5ccc(CN6CCCC(F)C6)cc5[nH]4)c3N)ccc2[nH]1. The van der Waals surface area contributed by atoms with Gasteiger partial charge in [-0.1, -0.05) is 12.1 Å². The second-order valence-corrected chi connectivity index (χ2v) is 9.29. The number of nitrogen functional groups attached to an aromatic ring is 1. The van der Waals surface area contributed by atoms with Gasteiger partial charge in [0.2, 0.25) is 5.78 Å². The molecule has 178 valence electrons. The Morgan fingerprint density at radius 1 is 1.17 bits per heavy atom. The third-order valence-electron chi connectivity index (χ3n) is 6.67. The summed E-state index contributed by atoms with van der Waals surface area (Å²) in [5.74, 6) is 0.872. The number of rotatable bonds is 5. The molecule has 5 aromatic rings. The van der Waals surface area contributed by atoms with Gasteiger partial charge in [-0.2, -0.15) is 5.10 Å². The van der Waals surface area contributed by atoms with Gasteiger partial charge < -0.3 is 15.7 Å². The standard InChI is InChI=1S/C26H26FN7O/c1-15-30-21-7-6-19(11-23(21)31-15)34-26(28)20(12-29-34)25(35)24-10-17-5-4-16(9-22(17)32-24)13-33-8-2-3-18(27)14-33/h4-7,9-12,18,32H,2-3,8,13-14,28H2,1H3,(H,30,31). The highest BCUT2D eigenvalue weighted by Crippen LogP contribution is 2.25. The van der Waals surface area contributed by atoms with Crippen molar-refractivity contribution in [2.75, 3.05) is 18.8 Å². The average molecular weight is 472 g/mol. The number of likely N-dealkylation sites (tertiary alicyclic amines) is 1. The fraction of sp³-hybridized carbons (Fsp3) is 0.269. The molecule has 0 aliphatic carbocycles. The van der Waals surface area contributed by atoms with Gasteiger partial charge >= 0.3 is 0 Å². The van der Waals surface area contributed by atoms with E-state index < -0.39 is 6.17 Å². The number of hydrogen-bond acceptors (Lipinski definition) is 5. The van der Waals surface area contributed by atoms with Crippen molar-refractivity contribution in [1.82, 2.24) is 29.6 Å². The minimum atomic E-state index is -0.751. The van der Waals surface area contributed by atoms with Crippen LogP contribution in [-0.4, -0.2) is 54.7 Å². The van der Waals surface area contributed by atoms with E-state index in [4.69, 9.17) is 5.73 Å². The van der Waals surface area contributed by atoms with E-state index in [-0.39, 0.29) is 11.6 Å². The summed E-state index contributed by atoms with van der Waals surface area (Å²) in [4.78, 5) is 26.3. The van der Waals surface area contributed by atoms with Crippen LogP contribution in [0.2, 0.25) is 0 Å². The fourth-order valence-electron chi connectivity index (χ4n) is 4.93. The molecule has 1 aliphatic heterocycles. The van der Waals surface area contributed by atoms with E-state index in [1.807, 2.05) is 49.4 Å². The van der Waals surface area contributed by atoms with Crippen LogP contribution >= 0.6 is 0 Å². The van der Waals surface area contributed by atoms with Gasteiger partial charge in [0.05, 0.1) is 34.2 Å². The van der Waals surface area contributed by atoms with Crippen molar-refractivity contribution < 1.29 is 9.18 Å². The fourth-order valence-corrected chi connectivity index (χ4v) is 4.93. The van der Waals surface area contributed by atoms with Crippen LogP contribution in [0.1, 0.15) is 40.3 Å². The number of imidazole rings is 1. The number of alkyl halides is 1. The number of piperidine rings is 1. The second-order valence-electron chi connectivity index (χ2n) is 9.29. The summed E-state index contributed by atoms with van der Waals surface area (Å²) in [5.41, 5.74) is 11.6. The molecular formula is C26H26FN7O. The van der Waals surface area contributed by atoms with Crippen LogP contribution in [-0.2, 0) is 6.54 Å². The largest absolute Gasteiger partial charge is 0.383 e. The first-order chi connectivity index (χ1) is 16.9. The molecule has 0 bridgehead atoms. The smallest absolute Gasteiger partial charge is 0.214 e. The van der Waals surface area contributed by atoms with Crippen LogP contribution in [0.15, 0.2) is 48.7 Å². The topological polar surface area (TPSA) is 109 Å². The molecule has 1 unspecified atom stereocenters. The van der Waals surface area contributed by atoms with Crippen molar-refractivity contribution >= 4 is 33.5 Å². The van der Waals surface area contributed by atoms with Crippen molar-refractivity contribution in [3.8, 4) is 5.69 Å². The summed E-state index contributed by atoms with van der Waals surface area (Å²) in [7, 11) is 0. The van der Waals surface area contributed by atoms with Crippen LogP contribution in [0, 0.1) is 6.92 Å². The summed E-state index contributed by atoms with van der Waals surface area (Å²) in [6, 6.07) is 13.6. The maximum absolute atomic E-state index is 13.7. The van der Waals surface area contributed by atoms with Crippen LogP contribution in [0.4, 0.5) is 10.2 Å². The molecular weight excluding hydrogens is 445 g/mol. The number of anilines is 1. The van der Waals surface area contributed by atoms with E-state index >= 15 is 0 Å². The number of hydrogen-bond donors (Lipinski definition) is 3. The monoisotopic (exact) mass is 471 g/mol. The lowest BCUT2D eigenvalue weighted by atomic mass is 10.1. The van der Waals surface area contributed by atoms with Gasteiger partial charge in [0.15, 0.2) is 0 Å². The number of nitrogens with two attached hydrogens (primary N) is 1. The van der Waals surface area contributed by atoms with Gasteiger partial charge in [0.1, 0.15) is 17.8 Å². The van der Waals surface area contributed by atoms with Gasteiger partial charge in [-0.3, -0.25) is 9.69 Å². The Bertz CT molecular complexity index is 1560. The van der Waals surface area contributed by atoms with E-state index in [1.165, 1.54) is 6.20 Å². The van der Waals surface area contributed by atoms with E-state index in [0.717, 1.165) is 52.0 Å². The van der Waals surface area contributed by atoms with E-state index in [2.05, 4.69) is 25.0 Å². The highest BCUT2D eigenvalue weighted by molar-refractivity contribution is 6.12. The molecule has 0 radical (unpaired) electrons. The third-order valence-corrected chi connectivity index (χ3v) is 6.67. The maximum atomic E-state index is 13.7. The molecule has 6 rings (SSSR count). The number of halogens is 1. The molecule has 1 aliphatic rings. The summed E-state index contributed by atoms with van der Waals surface area (Å²) in [6.45, 7) is 3.97.